The Morgan fingerprint density at radius 2 is 2.00 bits per heavy atom. The molecule has 0 bridgehead atoms. The quantitative estimate of drug-likeness (QED) is 0.575. The van der Waals surface area contributed by atoms with Crippen LogP contribution in [0.3, 0.4) is 0 Å². The van der Waals surface area contributed by atoms with Gasteiger partial charge in [0.2, 0.25) is 0 Å². The molecule has 3 heteroatoms. The summed E-state index contributed by atoms with van der Waals surface area (Å²) in [5.74, 6) is 5.23. The fourth-order valence-electron chi connectivity index (χ4n) is 3.61. The lowest BCUT2D eigenvalue weighted by atomic mass is 9.72. The Balaban J connectivity index is 2.06. The maximum atomic E-state index is 10.6. The van der Waals surface area contributed by atoms with E-state index in [0.717, 1.165) is 5.57 Å². The Hall–Kier alpha value is -1.34. The summed E-state index contributed by atoms with van der Waals surface area (Å²) in [4.78, 5) is 0. The number of aliphatic hydroxyl groups is 1. The van der Waals surface area contributed by atoms with Crippen molar-refractivity contribution in [3.63, 3.8) is 0 Å². The molecule has 0 spiro atoms. The molecule has 0 radical (unpaired) electrons. The Bertz CT molecular complexity index is 678. The van der Waals surface area contributed by atoms with E-state index in [-0.39, 0.29) is 5.41 Å². The predicted molar refractivity (Wildman–Crippen MR) is 107 cm³/mol. The Morgan fingerprint density at radius 3 is 2.58 bits per heavy atom. The Kier molecular flexibility index (Phi) is 6.23. The van der Waals surface area contributed by atoms with Crippen LogP contribution in [0, 0.1) is 17.3 Å². The summed E-state index contributed by atoms with van der Waals surface area (Å²) in [5.41, 5.74) is 2.99. The topological polar surface area (TPSA) is 38.7 Å². The van der Waals surface area contributed by atoms with E-state index < -0.39 is 17.5 Å². The lowest BCUT2D eigenvalue weighted by molar-refractivity contribution is -0.157. The minimum atomic E-state index is -1.24. The predicted octanol–water partition coefficient (Wildman–Crippen LogP) is 4.92. The SMILES string of the molecule is CC1=C(/C=C/C(C)=C/C#CC(C)(O)[C@H]2COC(C)(C)O2)C(C)(C)CCC1. The molecule has 144 valence electrons. The van der Waals surface area contributed by atoms with Crippen LogP contribution in [0.2, 0.25) is 0 Å². The average Bonchev–Trinajstić information content (AvgIpc) is 2.87. The molecule has 1 saturated heterocycles. The average molecular weight is 359 g/mol. The Morgan fingerprint density at radius 1 is 1.31 bits per heavy atom. The van der Waals surface area contributed by atoms with Crippen molar-refractivity contribution in [2.24, 2.45) is 5.41 Å². The van der Waals surface area contributed by atoms with Crippen LogP contribution in [-0.4, -0.2) is 29.2 Å². The van der Waals surface area contributed by atoms with Gasteiger partial charge in [-0.05, 0) is 76.5 Å². The lowest BCUT2D eigenvalue weighted by Crippen LogP contribution is -2.40. The van der Waals surface area contributed by atoms with Crippen molar-refractivity contribution in [2.75, 3.05) is 6.61 Å². The summed E-state index contributed by atoms with van der Waals surface area (Å²) in [5, 5.41) is 10.6. The van der Waals surface area contributed by atoms with Gasteiger partial charge in [-0.15, -0.1) is 0 Å². The third kappa shape index (κ3) is 5.33. The zero-order valence-electron chi connectivity index (χ0n) is 17.4. The summed E-state index contributed by atoms with van der Waals surface area (Å²) in [6.07, 6.45) is 9.45. The summed E-state index contributed by atoms with van der Waals surface area (Å²) >= 11 is 0. The molecule has 0 aromatic heterocycles. The van der Waals surface area contributed by atoms with E-state index in [0.29, 0.717) is 6.61 Å². The van der Waals surface area contributed by atoms with E-state index in [9.17, 15) is 5.11 Å². The molecule has 2 atom stereocenters. The number of rotatable bonds is 3. The van der Waals surface area contributed by atoms with Crippen LogP contribution in [0.5, 0.6) is 0 Å². The Labute approximate surface area is 159 Å². The van der Waals surface area contributed by atoms with Crippen LogP contribution in [0.15, 0.2) is 34.9 Å². The van der Waals surface area contributed by atoms with Crippen molar-refractivity contribution in [2.45, 2.75) is 85.2 Å². The highest BCUT2D eigenvalue weighted by molar-refractivity contribution is 5.38. The highest BCUT2D eigenvalue weighted by Gasteiger charge is 2.42. The highest BCUT2D eigenvalue weighted by Crippen LogP contribution is 2.40. The first-order valence-electron chi connectivity index (χ1n) is 9.55. The van der Waals surface area contributed by atoms with Gasteiger partial charge in [-0.2, -0.15) is 0 Å². The fourth-order valence-corrected chi connectivity index (χ4v) is 3.61. The van der Waals surface area contributed by atoms with Gasteiger partial charge in [0.15, 0.2) is 11.4 Å². The van der Waals surface area contributed by atoms with E-state index in [1.54, 1.807) is 6.92 Å². The molecular formula is C23H34O3. The van der Waals surface area contributed by atoms with E-state index in [1.807, 2.05) is 26.8 Å². The maximum absolute atomic E-state index is 10.6. The van der Waals surface area contributed by atoms with Crippen LogP contribution in [0.4, 0.5) is 0 Å². The standard InChI is InChI=1S/C23H34O3/c1-17(12-13-19-18(2)11-9-14-21(19,3)4)10-8-15-23(7,24)20-16-25-22(5,6)26-20/h10,12-13,20,24H,9,11,14,16H2,1-7H3/b13-12+,17-10+/t20-,23?/m1/s1. The largest absolute Gasteiger partial charge is 0.375 e. The zero-order chi connectivity index (χ0) is 19.6. The number of ether oxygens (including phenoxy) is 2. The third-order valence-corrected chi connectivity index (χ3v) is 5.32. The first kappa shape index (κ1) is 21.0. The first-order valence-corrected chi connectivity index (χ1v) is 9.55. The van der Waals surface area contributed by atoms with Crippen molar-refractivity contribution in [3.8, 4) is 11.8 Å². The first-order chi connectivity index (χ1) is 11.9. The van der Waals surface area contributed by atoms with E-state index >= 15 is 0 Å². The van der Waals surface area contributed by atoms with Gasteiger partial charge < -0.3 is 14.6 Å². The van der Waals surface area contributed by atoms with Gasteiger partial charge in [0.05, 0.1) is 6.61 Å². The smallest absolute Gasteiger partial charge is 0.163 e. The summed E-state index contributed by atoms with van der Waals surface area (Å²) in [7, 11) is 0. The third-order valence-electron chi connectivity index (χ3n) is 5.32. The van der Waals surface area contributed by atoms with Gasteiger partial charge in [0.25, 0.3) is 0 Å². The summed E-state index contributed by atoms with van der Waals surface area (Å²) < 4.78 is 11.2. The molecule has 2 aliphatic rings. The molecule has 0 aromatic rings. The lowest BCUT2D eigenvalue weighted by Gasteiger charge is -2.32. The molecule has 1 fully saturated rings. The van der Waals surface area contributed by atoms with Gasteiger partial charge in [-0.25, -0.2) is 0 Å². The number of hydrogen-bond acceptors (Lipinski definition) is 3. The monoisotopic (exact) mass is 358 g/mol. The number of hydrogen-bond donors (Lipinski definition) is 1. The van der Waals surface area contributed by atoms with Crippen molar-refractivity contribution in [1.82, 2.24) is 0 Å². The van der Waals surface area contributed by atoms with Crippen molar-refractivity contribution >= 4 is 0 Å². The molecule has 1 aliphatic carbocycles. The van der Waals surface area contributed by atoms with Crippen LogP contribution in [0.25, 0.3) is 0 Å². The van der Waals surface area contributed by atoms with Crippen molar-refractivity contribution in [1.29, 1.82) is 0 Å². The second kappa shape index (κ2) is 7.72. The molecular weight excluding hydrogens is 324 g/mol. The van der Waals surface area contributed by atoms with Gasteiger partial charge in [0.1, 0.15) is 6.10 Å². The van der Waals surface area contributed by atoms with Crippen molar-refractivity contribution < 1.29 is 14.6 Å². The van der Waals surface area contributed by atoms with Crippen LogP contribution >= 0.6 is 0 Å². The minimum absolute atomic E-state index is 0.237. The normalized spacial score (nSPS) is 28.0. The molecule has 1 unspecified atom stereocenters. The van der Waals surface area contributed by atoms with Gasteiger partial charge in [0, 0.05) is 0 Å². The van der Waals surface area contributed by atoms with Crippen molar-refractivity contribution in [3.05, 3.63) is 34.9 Å². The molecule has 1 N–H and O–H groups in total. The molecule has 1 aliphatic heterocycles. The van der Waals surface area contributed by atoms with Crippen LogP contribution in [-0.2, 0) is 9.47 Å². The van der Waals surface area contributed by atoms with E-state index in [2.05, 4.69) is 44.8 Å². The van der Waals surface area contributed by atoms with E-state index in [4.69, 9.17) is 9.47 Å². The molecule has 26 heavy (non-hydrogen) atoms. The summed E-state index contributed by atoms with van der Waals surface area (Å²) in [6.45, 7) is 14.6. The van der Waals surface area contributed by atoms with Gasteiger partial charge in [-0.3, -0.25) is 0 Å². The maximum Gasteiger partial charge on any atom is 0.163 e. The number of allylic oxidation sites excluding steroid dienone is 6. The summed E-state index contributed by atoms with van der Waals surface area (Å²) in [6, 6.07) is 0. The molecule has 0 aromatic carbocycles. The van der Waals surface area contributed by atoms with Crippen LogP contribution in [0.1, 0.15) is 67.7 Å². The molecule has 2 rings (SSSR count). The van der Waals surface area contributed by atoms with Gasteiger partial charge in [-0.1, -0.05) is 43.4 Å². The minimum Gasteiger partial charge on any atom is -0.375 e. The molecule has 0 saturated carbocycles. The van der Waals surface area contributed by atoms with Gasteiger partial charge >= 0.3 is 0 Å². The second-order valence-corrected chi connectivity index (χ2v) is 8.89. The van der Waals surface area contributed by atoms with Crippen LogP contribution < -0.4 is 0 Å². The highest BCUT2D eigenvalue weighted by atomic mass is 16.7. The molecule has 0 amide bonds. The zero-order valence-corrected chi connectivity index (χ0v) is 17.4. The second-order valence-electron chi connectivity index (χ2n) is 8.89. The molecule has 3 nitrogen and oxygen atoms in total. The molecule has 1 heterocycles. The van der Waals surface area contributed by atoms with E-state index in [1.165, 1.54) is 30.4 Å². The fraction of sp³-hybridized carbons (Fsp3) is 0.652.